The molecule has 0 saturated heterocycles. The van der Waals surface area contributed by atoms with E-state index in [1.54, 1.807) is 12.1 Å². The van der Waals surface area contributed by atoms with Crippen molar-refractivity contribution < 1.29 is 9.50 Å². The second kappa shape index (κ2) is 6.49. The van der Waals surface area contributed by atoms with E-state index in [-0.39, 0.29) is 23.9 Å². The van der Waals surface area contributed by atoms with E-state index >= 15 is 0 Å². The maximum absolute atomic E-state index is 14.1. The van der Waals surface area contributed by atoms with Crippen molar-refractivity contribution in [2.75, 3.05) is 13.2 Å². The topological polar surface area (TPSA) is 32.3 Å². The minimum atomic E-state index is -0.0824. The van der Waals surface area contributed by atoms with Crippen molar-refractivity contribution in [1.82, 2.24) is 5.32 Å². The van der Waals surface area contributed by atoms with E-state index in [1.807, 2.05) is 12.1 Å². The number of aliphatic hydroxyl groups excluding tert-OH is 1. The minimum Gasteiger partial charge on any atom is -0.396 e. The molecule has 1 aromatic rings. The molecule has 1 aromatic carbocycles. The smallest absolute Gasteiger partial charge is 0.127 e. The average Bonchev–Trinajstić information content (AvgIpc) is 2.87. The van der Waals surface area contributed by atoms with Crippen molar-refractivity contribution in [3.8, 4) is 0 Å². The van der Waals surface area contributed by atoms with Gasteiger partial charge in [-0.1, -0.05) is 31.0 Å². The van der Waals surface area contributed by atoms with Gasteiger partial charge in [-0.2, -0.15) is 0 Å². The Morgan fingerprint density at radius 3 is 2.63 bits per heavy atom. The van der Waals surface area contributed by atoms with Crippen LogP contribution >= 0.6 is 0 Å². The molecule has 2 rings (SSSR count). The molecule has 0 aromatic heterocycles. The molecule has 1 atom stereocenters. The van der Waals surface area contributed by atoms with E-state index in [0.29, 0.717) is 0 Å². The Labute approximate surface area is 115 Å². The van der Waals surface area contributed by atoms with E-state index in [1.165, 1.54) is 12.8 Å². The van der Waals surface area contributed by atoms with Crippen LogP contribution in [-0.2, 0) is 5.41 Å². The molecule has 0 aliphatic heterocycles. The highest BCUT2D eigenvalue weighted by molar-refractivity contribution is 5.29. The largest absolute Gasteiger partial charge is 0.396 e. The first-order valence-electron chi connectivity index (χ1n) is 7.27. The summed E-state index contributed by atoms with van der Waals surface area (Å²) in [6.45, 7) is 3.07. The zero-order valence-electron chi connectivity index (χ0n) is 11.7. The summed E-state index contributed by atoms with van der Waals surface area (Å²) in [7, 11) is 0. The summed E-state index contributed by atoms with van der Waals surface area (Å²) in [5, 5.41) is 12.4. The SMILES string of the molecule is CC(CCO)NCC1(c2ccccc2F)CCCC1. The molecule has 1 unspecified atom stereocenters. The maximum Gasteiger partial charge on any atom is 0.127 e. The predicted molar refractivity (Wildman–Crippen MR) is 75.7 cm³/mol. The number of rotatable bonds is 6. The molecule has 0 bridgehead atoms. The van der Waals surface area contributed by atoms with Crippen LogP contribution in [0.5, 0.6) is 0 Å². The third-order valence-corrected chi connectivity index (χ3v) is 4.36. The summed E-state index contributed by atoms with van der Waals surface area (Å²) >= 11 is 0. The van der Waals surface area contributed by atoms with Crippen LogP contribution < -0.4 is 5.32 Å². The van der Waals surface area contributed by atoms with Crippen molar-refractivity contribution in [1.29, 1.82) is 0 Å². The quantitative estimate of drug-likeness (QED) is 0.828. The normalized spacial score (nSPS) is 19.5. The second-order valence-corrected chi connectivity index (χ2v) is 5.76. The van der Waals surface area contributed by atoms with Gasteiger partial charge in [0.05, 0.1) is 0 Å². The number of halogens is 1. The van der Waals surface area contributed by atoms with Crippen molar-refractivity contribution in [2.45, 2.75) is 50.5 Å². The predicted octanol–water partition coefficient (Wildman–Crippen LogP) is 3.00. The Bertz CT molecular complexity index is 401. The summed E-state index contributed by atoms with van der Waals surface area (Å²) in [5.41, 5.74) is 0.797. The number of benzene rings is 1. The van der Waals surface area contributed by atoms with Crippen LogP contribution in [0.4, 0.5) is 4.39 Å². The third kappa shape index (κ3) is 3.34. The van der Waals surface area contributed by atoms with Crippen LogP contribution in [0.15, 0.2) is 24.3 Å². The Hall–Kier alpha value is -0.930. The third-order valence-electron chi connectivity index (χ3n) is 4.36. The Morgan fingerprint density at radius 1 is 1.32 bits per heavy atom. The van der Waals surface area contributed by atoms with Crippen molar-refractivity contribution in [3.05, 3.63) is 35.6 Å². The Balaban J connectivity index is 2.12. The molecule has 0 heterocycles. The van der Waals surface area contributed by atoms with Gasteiger partial charge in [0, 0.05) is 24.6 Å². The first-order chi connectivity index (χ1) is 9.18. The Kier molecular flexibility index (Phi) is 4.94. The van der Waals surface area contributed by atoms with Crippen molar-refractivity contribution >= 4 is 0 Å². The van der Waals surface area contributed by atoms with E-state index in [4.69, 9.17) is 5.11 Å². The fraction of sp³-hybridized carbons (Fsp3) is 0.625. The zero-order valence-corrected chi connectivity index (χ0v) is 11.7. The summed E-state index contributed by atoms with van der Waals surface area (Å²) in [4.78, 5) is 0. The van der Waals surface area contributed by atoms with Crippen LogP contribution in [0.3, 0.4) is 0 Å². The highest BCUT2D eigenvalue weighted by Gasteiger charge is 2.37. The van der Waals surface area contributed by atoms with Gasteiger partial charge in [0.1, 0.15) is 5.82 Å². The summed E-state index contributed by atoms with van der Waals surface area (Å²) in [6.07, 6.45) is 5.18. The molecule has 106 valence electrons. The van der Waals surface area contributed by atoms with Gasteiger partial charge in [0.15, 0.2) is 0 Å². The lowest BCUT2D eigenvalue weighted by atomic mass is 9.78. The highest BCUT2D eigenvalue weighted by Crippen LogP contribution is 2.41. The molecule has 19 heavy (non-hydrogen) atoms. The standard InChI is InChI=1S/C16H24FNO/c1-13(8-11-19)18-12-16(9-4-5-10-16)14-6-2-3-7-15(14)17/h2-3,6-7,13,18-19H,4-5,8-12H2,1H3. The maximum atomic E-state index is 14.1. The van der Waals surface area contributed by atoms with E-state index in [0.717, 1.165) is 31.4 Å². The zero-order chi connectivity index (χ0) is 13.7. The van der Waals surface area contributed by atoms with Crippen LogP contribution in [0.2, 0.25) is 0 Å². The minimum absolute atomic E-state index is 0.0605. The van der Waals surface area contributed by atoms with Crippen molar-refractivity contribution in [3.63, 3.8) is 0 Å². The second-order valence-electron chi connectivity index (χ2n) is 5.76. The molecular weight excluding hydrogens is 241 g/mol. The fourth-order valence-electron chi connectivity index (χ4n) is 3.15. The summed E-state index contributed by atoms with van der Waals surface area (Å²) < 4.78 is 14.1. The van der Waals surface area contributed by atoms with Crippen LogP contribution in [-0.4, -0.2) is 24.3 Å². The van der Waals surface area contributed by atoms with Crippen LogP contribution in [0.25, 0.3) is 0 Å². The monoisotopic (exact) mass is 265 g/mol. The molecule has 0 amide bonds. The molecule has 2 nitrogen and oxygen atoms in total. The fourth-order valence-corrected chi connectivity index (χ4v) is 3.15. The number of hydrogen-bond acceptors (Lipinski definition) is 2. The molecule has 1 aliphatic rings. The number of aliphatic hydroxyl groups is 1. The molecule has 1 fully saturated rings. The van der Waals surface area contributed by atoms with Crippen molar-refractivity contribution in [2.24, 2.45) is 0 Å². The van der Waals surface area contributed by atoms with Crippen LogP contribution in [0, 0.1) is 5.82 Å². The first kappa shape index (κ1) is 14.5. The molecular formula is C16H24FNO. The Morgan fingerprint density at radius 2 is 2.00 bits per heavy atom. The number of hydrogen-bond donors (Lipinski definition) is 2. The van der Waals surface area contributed by atoms with Gasteiger partial charge < -0.3 is 10.4 Å². The lowest BCUT2D eigenvalue weighted by Crippen LogP contribution is -2.40. The lowest BCUT2D eigenvalue weighted by Gasteiger charge is -2.32. The van der Waals surface area contributed by atoms with Gasteiger partial charge in [-0.25, -0.2) is 4.39 Å². The molecule has 2 N–H and O–H groups in total. The summed E-state index contributed by atoms with van der Waals surface area (Å²) in [6, 6.07) is 7.44. The van der Waals surface area contributed by atoms with E-state index < -0.39 is 0 Å². The van der Waals surface area contributed by atoms with Gasteiger partial charge in [0.2, 0.25) is 0 Å². The van der Waals surface area contributed by atoms with Gasteiger partial charge in [-0.3, -0.25) is 0 Å². The molecule has 1 aliphatic carbocycles. The highest BCUT2D eigenvalue weighted by atomic mass is 19.1. The lowest BCUT2D eigenvalue weighted by molar-refractivity contribution is 0.261. The molecule has 3 heteroatoms. The van der Waals surface area contributed by atoms with Gasteiger partial charge >= 0.3 is 0 Å². The average molecular weight is 265 g/mol. The van der Waals surface area contributed by atoms with Gasteiger partial charge in [-0.05, 0) is 37.8 Å². The van der Waals surface area contributed by atoms with E-state index in [9.17, 15) is 4.39 Å². The first-order valence-corrected chi connectivity index (χ1v) is 7.27. The van der Waals surface area contributed by atoms with E-state index in [2.05, 4.69) is 12.2 Å². The molecule has 0 radical (unpaired) electrons. The summed E-state index contributed by atoms with van der Waals surface area (Å²) in [5.74, 6) is -0.0824. The number of nitrogens with one attached hydrogen (secondary N) is 1. The van der Waals surface area contributed by atoms with Gasteiger partial charge in [0.25, 0.3) is 0 Å². The molecule has 1 saturated carbocycles. The molecule has 0 spiro atoms. The van der Waals surface area contributed by atoms with Gasteiger partial charge in [-0.15, -0.1) is 0 Å². The van der Waals surface area contributed by atoms with Crippen LogP contribution in [0.1, 0.15) is 44.6 Å².